The second kappa shape index (κ2) is 4.37. The number of hydrogen-bond donors (Lipinski definition) is 1. The largest absolute Gasteiger partial charge is 0.325 e. The molecule has 0 aromatic heterocycles. The molecule has 90 valence electrons. The maximum atomic E-state index is 12.4. The summed E-state index contributed by atoms with van der Waals surface area (Å²) in [6.45, 7) is 0. The summed E-state index contributed by atoms with van der Waals surface area (Å²) in [7, 11) is 0. The summed E-state index contributed by atoms with van der Waals surface area (Å²) in [5.74, 6) is 1.19. The average molecular weight is 247 g/mol. The first-order valence-electron chi connectivity index (χ1n) is 6.33. The molecule has 3 heteroatoms. The number of hydrogen-bond acceptors (Lipinski definition) is 2. The Morgan fingerprint density at radius 2 is 1.88 bits per heavy atom. The number of anilines is 1. The molecule has 1 aliphatic heterocycles. The van der Waals surface area contributed by atoms with Crippen LogP contribution in [0.25, 0.3) is 0 Å². The summed E-state index contributed by atoms with van der Waals surface area (Å²) in [6, 6.07) is 8.12. The highest BCUT2D eigenvalue weighted by atomic mass is 32.2. The predicted octanol–water partition coefficient (Wildman–Crippen LogP) is 3.68. The highest BCUT2D eigenvalue weighted by Crippen LogP contribution is 2.45. The summed E-state index contributed by atoms with van der Waals surface area (Å²) in [5, 5.41) is 3.12. The summed E-state index contributed by atoms with van der Waals surface area (Å²) in [5.41, 5.74) is 0.882. The average Bonchev–Trinajstić information content (AvgIpc) is 2.50. The second-order valence-corrected chi connectivity index (χ2v) is 6.10. The van der Waals surface area contributed by atoms with Crippen molar-refractivity contribution in [3.63, 3.8) is 0 Å². The number of thioether (sulfide) groups is 1. The van der Waals surface area contributed by atoms with Gasteiger partial charge in [-0.3, -0.25) is 4.79 Å². The van der Waals surface area contributed by atoms with Gasteiger partial charge in [-0.1, -0.05) is 31.4 Å². The lowest BCUT2D eigenvalue weighted by Gasteiger charge is -2.33. The van der Waals surface area contributed by atoms with Gasteiger partial charge >= 0.3 is 0 Å². The zero-order valence-corrected chi connectivity index (χ0v) is 10.7. The molecule has 3 rings (SSSR count). The summed E-state index contributed by atoms with van der Waals surface area (Å²) in [6.07, 6.45) is 5.79. The van der Waals surface area contributed by atoms with Gasteiger partial charge in [0.1, 0.15) is 0 Å². The monoisotopic (exact) mass is 247 g/mol. The van der Waals surface area contributed by atoms with E-state index in [4.69, 9.17) is 0 Å². The molecule has 0 radical (unpaired) electrons. The summed E-state index contributed by atoms with van der Waals surface area (Å²) >= 11 is 1.84. The van der Waals surface area contributed by atoms with Crippen LogP contribution in [0.4, 0.5) is 5.69 Å². The standard InChI is InChI=1S/C14H17NOS/c16-13-14(8-4-1-5-9-14)10-17-12-7-3-2-6-11(12)15-13/h2-3,6-7H,1,4-5,8-10H2,(H,15,16). The van der Waals surface area contributed by atoms with Gasteiger partial charge in [-0.15, -0.1) is 11.8 Å². The lowest BCUT2D eigenvalue weighted by Crippen LogP contribution is -2.39. The minimum Gasteiger partial charge on any atom is -0.325 e. The smallest absolute Gasteiger partial charge is 0.231 e. The van der Waals surface area contributed by atoms with Crippen molar-refractivity contribution >= 4 is 23.4 Å². The van der Waals surface area contributed by atoms with Gasteiger partial charge in [0.05, 0.1) is 11.1 Å². The first kappa shape index (κ1) is 11.1. The van der Waals surface area contributed by atoms with Gasteiger partial charge in [0, 0.05) is 10.6 Å². The number of nitrogens with one attached hydrogen (secondary N) is 1. The van der Waals surface area contributed by atoms with E-state index in [-0.39, 0.29) is 11.3 Å². The van der Waals surface area contributed by atoms with Crippen molar-refractivity contribution < 1.29 is 4.79 Å². The summed E-state index contributed by atoms with van der Waals surface area (Å²) < 4.78 is 0. The van der Waals surface area contributed by atoms with E-state index in [2.05, 4.69) is 11.4 Å². The van der Waals surface area contributed by atoms with Gasteiger partial charge in [0.2, 0.25) is 5.91 Å². The third-order valence-electron chi connectivity index (χ3n) is 3.93. The number of carbonyl (C=O) groups excluding carboxylic acids is 1. The van der Waals surface area contributed by atoms with Crippen LogP contribution in [0.2, 0.25) is 0 Å². The van der Waals surface area contributed by atoms with Crippen LogP contribution in [-0.4, -0.2) is 11.7 Å². The Labute approximate surface area is 106 Å². The number of rotatable bonds is 0. The van der Waals surface area contributed by atoms with Gasteiger partial charge in [-0.2, -0.15) is 0 Å². The number of carbonyl (C=O) groups is 1. The third-order valence-corrected chi connectivity index (χ3v) is 5.30. The van der Waals surface area contributed by atoms with E-state index in [1.54, 1.807) is 0 Å². The number of amides is 1. The van der Waals surface area contributed by atoms with Crippen LogP contribution in [0.3, 0.4) is 0 Å². The molecular weight excluding hydrogens is 230 g/mol. The van der Waals surface area contributed by atoms with Crippen molar-refractivity contribution in [2.24, 2.45) is 5.41 Å². The maximum absolute atomic E-state index is 12.4. The Kier molecular flexibility index (Phi) is 2.87. The van der Waals surface area contributed by atoms with E-state index < -0.39 is 0 Å². The zero-order chi connectivity index (χ0) is 11.7. The predicted molar refractivity (Wildman–Crippen MR) is 71.3 cm³/mol. The van der Waals surface area contributed by atoms with E-state index >= 15 is 0 Å². The first-order valence-corrected chi connectivity index (χ1v) is 7.32. The Hall–Kier alpha value is -0.960. The van der Waals surface area contributed by atoms with E-state index in [0.29, 0.717) is 0 Å². The van der Waals surface area contributed by atoms with Crippen molar-refractivity contribution in [1.82, 2.24) is 0 Å². The van der Waals surface area contributed by atoms with Gasteiger partial charge < -0.3 is 5.32 Å². The van der Waals surface area contributed by atoms with Gasteiger partial charge in [0.15, 0.2) is 0 Å². The van der Waals surface area contributed by atoms with E-state index in [0.717, 1.165) is 24.3 Å². The van der Waals surface area contributed by atoms with Crippen LogP contribution in [0, 0.1) is 5.41 Å². The SMILES string of the molecule is O=C1Nc2ccccc2SCC12CCCCC2. The van der Waals surface area contributed by atoms with Crippen LogP contribution >= 0.6 is 11.8 Å². The van der Waals surface area contributed by atoms with Crippen LogP contribution in [-0.2, 0) is 4.79 Å². The van der Waals surface area contributed by atoms with Crippen LogP contribution in [0.5, 0.6) is 0 Å². The molecule has 1 amide bonds. The zero-order valence-electron chi connectivity index (χ0n) is 9.87. The number of para-hydroxylation sites is 1. The fourth-order valence-electron chi connectivity index (χ4n) is 2.83. The fraction of sp³-hybridized carbons (Fsp3) is 0.500. The molecule has 2 nitrogen and oxygen atoms in total. The van der Waals surface area contributed by atoms with Crippen molar-refractivity contribution in [1.29, 1.82) is 0 Å². The Bertz CT molecular complexity index is 438. The molecule has 1 aliphatic carbocycles. The Morgan fingerprint density at radius 3 is 2.71 bits per heavy atom. The molecule has 1 N–H and O–H groups in total. The van der Waals surface area contributed by atoms with Crippen molar-refractivity contribution in [3.05, 3.63) is 24.3 Å². The highest BCUT2D eigenvalue weighted by molar-refractivity contribution is 7.99. The van der Waals surface area contributed by atoms with Crippen molar-refractivity contribution in [2.45, 2.75) is 37.0 Å². The molecular formula is C14H17NOS. The van der Waals surface area contributed by atoms with Crippen LogP contribution in [0.1, 0.15) is 32.1 Å². The number of fused-ring (bicyclic) bond motifs is 1. The first-order chi connectivity index (χ1) is 8.30. The van der Waals surface area contributed by atoms with E-state index in [1.165, 1.54) is 24.2 Å². The highest BCUT2D eigenvalue weighted by Gasteiger charge is 2.41. The minimum atomic E-state index is -0.109. The lowest BCUT2D eigenvalue weighted by molar-refractivity contribution is -0.126. The molecule has 2 aliphatic rings. The van der Waals surface area contributed by atoms with Crippen LogP contribution in [0.15, 0.2) is 29.2 Å². The molecule has 0 bridgehead atoms. The fourth-order valence-corrected chi connectivity index (χ4v) is 4.13. The molecule has 1 saturated carbocycles. The molecule has 0 atom stereocenters. The molecule has 1 heterocycles. The van der Waals surface area contributed by atoms with Gasteiger partial charge in [0.25, 0.3) is 0 Å². The van der Waals surface area contributed by atoms with Gasteiger partial charge in [-0.25, -0.2) is 0 Å². The van der Waals surface area contributed by atoms with Crippen LogP contribution < -0.4 is 5.32 Å². The minimum absolute atomic E-state index is 0.109. The molecule has 1 spiro atoms. The van der Waals surface area contributed by atoms with Crippen molar-refractivity contribution in [2.75, 3.05) is 11.1 Å². The molecule has 0 saturated heterocycles. The number of benzene rings is 1. The van der Waals surface area contributed by atoms with Gasteiger partial charge in [-0.05, 0) is 25.0 Å². The topological polar surface area (TPSA) is 29.1 Å². The molecule has 1 aromatic rings. The summed E-state index contributed by atoms with van der Waals surface area (Å²) in [4.78, 5) is 13.6. The second-order valence-electron chi connectivity index (χ2n) is 5.08. The molecule has 17 heavy (non-hydrogen) atoms. The molecule has 0 unspecified atom stereocenters. The lowest BCUT2D eigenvalue weighted by atomic mass is 9.75. The third kappa shape index (κ3) is 1.97. The van der Waals surface area contributed by atoms with Crippen molar-refractivity contribution in [3.8, 4) is 0 Å². The van der Waals surface area contributed by atoms with E-state index in [9.17, 15) is 4.79 Å². The normalized spacial score (nSPS) is 22.7. The molecule has 1 fully saturated rings. The maximum Gasteiger partial charge on any atom is 0.231 e. The molecule has 1 aromatic carbocycles. The Balaban J connectivity index is 1.91. The Morgan fingerprint density at radius 1 is 1.12 bits per heavy atom. The van der Waals surface area contributed by atoms with E-state index in [1.807, 2.05) is 30.0 Å². The quantitative estimate of drug-likeness (QED) is 0.757.